The minimum atomic E-state index is -0.254. The summed E-state index contributed by atoms with van der Waals surface area (Å²) in [5.41, 5.74) is 14.5. The third-order valence-electron chi connectivity index (χ3n) is 3.33. The first-order valence-electron chi connectivity index (χ1n) is 6.56. The van der Waals surface area contributed by atoms with Gasteiger partial charge in [0.05, 0.1) is 5.69 Å². The van der Waals surface area contributed by atoms with Crippen molar-refractivity contribution in [2.45, 2.75) is 6.42 Å². The number of aromatic nitrogens is 2. The zero-order valence-electron chi connectivity index (χ0n) is 11.3. The van der Waals surface area contributed by atoms with Gasteiger partial charge in [-0.1, -0.05) is 12.1 Å². The van der Waals surface area contributed by atoms with E-state index in [9.17, 15) is 4.39 Å². The average Bonchev–Trinajstić information content (AvgIpc) is 2.98. The van der Waals surface area contributed by atoms with Crippen LogP contribution in [0.25, 0.3) is 5.69 Å². The van der Waals surface area contributed by atoms with Crippen LogP contribution in [0.3, 0.4) is 0 Å². The summed E-state index contributed by atoms with van der Waals surface area (Å²) in [5.74, 6) is 0.523. The summed E-state index contributed by atoms with van der Waals surface area (Å²) >= 11 is 0. The van der Waals surface area contributed by atoms with Gasteiger partial charge in [-0.2, -0.15) is 0 Å². The molecule has 2 heterocycles. The highest BCUT2D eigenvalue weighted by Crippen LogP contribution is 2.23. The lowest BCUT2D eigenvalue weighted by molar-refractivity contribution is 0.627. The van der Waals surface area contributed by atoms with Crippen molar-refractivity contribution in [3.8, 4) is 5.69 Å². The maximum absolute atomic E-state index is 13.0. The third-order valence-corrected chi connectivity index (χ3v) is 3.33. The third kappa shape index (κ3) is 2.72. The number of hydrogen-bond donors (Lipinski definition) is 2. The molecule has 3 aromatic rings. The molecule has 0 radical (unpaired) electrons. The molecule has 0 saturated heterocycles. The van der Waals surface area contributed by atoms with E-state index >= 15 is 0 Å². The zero-order valence-corrected chi connectivity index (χ0v) is 11.3. The summed E-state index contributed by atoms with van der Waals surface area (Å²) < 4.78 is 14.8. The molecule has 0 amide bonds. The number of hydrogen-bond acceptors (Lipinski definition) is 3. The van der Waals surface area contributed by atoms with Crippen LogP contribution in [0.5, 0.6) is 0 Å². The molecule has 0 aliphatic heterocycles. The van der Waals surface area contributed by atoms with Gasteiger partial charge in [-0.15, -0.1) is 0 Å². The summed E-state index contributed by atoms with van der Waals surface area (Å²) in [6.45, 7) is 0. The summed E-state index contributed by atoms with van der Waals surface area (Å²) in [6, 6.07) is 12.1. The van der Waals surface area contributed by atoms with Gasteiger partial charge < -0.3 is 16.0 Å². The van der Waals surface area contributed by atoms with Crippen molar-refractivity contribution >= 4 is 11.6 Å². The van der Waals surface area contributed by atoms with Crippen LogP contribution in [0.2, 0.25) is 0 Å². The highest BCUT2D eigenvalue weighted by Gasteiger charge is 2.09. The van der Waals surface area contributed by atoms with E-state index in [1.807, 2.05) is 35.2 Å². The fourth-order valence-electron chi connectivity index (χ4n) is 2.24. The summed E-state index contributed by atoms with van der Waals surface area (Å²) in [7, 11) is 0. The molecule has 0 fully saturated rings. The molecular formula is C16H15FN4. The summed E-state index contributed by atoms with van der Waals surface area (Å²) in [5, 5.41) is 0. The van der Waals surface area contributed by atoms with Crippen molar-refractivity contribution < 1.29 is 4.39 Å². The van der Waals surface area contributed by atoms with Gasteiger partial charge in [-0.05, 0) is 35.9 Å². The maximum Gasteiger partial charge on any atom is 0.150 e. The highest BCUT2D eigenvalue weighted by atomic mass is 19.1. The Morgan fingerprint density at radius 2 is 1.67 bits per heavy atom. The van der Waals surface area contributed by atoms with Crippen molar-refractivity contribution in [2.75, 3.05) is 11.5 Å². The second kappa shape index (κ2) is 5.28. The number of anilines is 2. The van der Waals surface area contributed by atoms with Crippen molar-refractivity contribution in [3.05, 3.63) is 71.8 Å². The minimum absolute atomic E-state index is 0.254. The van der Waals surface area contributed by atoms with E-state index < -0.39 is 0 Å². The van der Waals surface area contributed by atoms with Gasteiger partial charge in [-0.25, -0.2) is 9.37 Å². The Kier molecular flexibility index (Phi) is 3.31. The number of pyridine rings is 1. The zero-order chi connectivity index (χ0) is 14.8. The monoisotopic (exact) mass is 282 g/mol. The van der Waals surface area contributed by atoms with Crippen LogP contribution in [0, 0.1) is 5.82 Å². The Hall–Kier alpha value is -2.82. The van der Waals surface area contributed by atoms with Crippen molar-refractivity contribution in [1.82, 2.24) is 9.55 Å². The molecule has 0 atom stereocenters. The smallest absolute Gasteiger partial charge is 0.150 e. The molecule has 4 N–H and O–H groups in total. The lowest BCUT2D eigenvalue weighted by Crippen LogP contribution is -2.07. The molecule has 1 aromatic carbocycles. The second-order valence-corrected chi connectivity index (χ2v) is 4.83. The van der Waals surface area contributed by atoms with Crippen molar-refractivity contribution in [2.24, 2.45) is 0 Å². The van der Waals surface area contributed by atoms with Crippen molar-refractivity contribution in [3.63, 3.8) is 0 Å². The predicted octanol–water partition coefficient (Wildman–Crippen LogP) is 2.77. The van der Waals surface area contributed by atoms with Crippen LogP contribution in [0.1, 0.15) is 11.1 Å². The molecule has 106 valence electrons. The van der Waals surface area contributed by atoms with Gasteiger partial charge >= 0.3 is 0 Å². The molecule has 0 spiro atoms. The van der Waals surface area contributed by atoms with E-state index in [1.54, 1.807) is 12.1 Å². The Balaban J connectivity index is 1.98. The predicted molar refractivity (Wildman–Crippen MR) is 81.6 cm³/mol. The lowest BCUT2D eigenvalue weighted by atomic mass is 10.1. The second-order valence-electron chi connectivity index (χ2n) is 4.83. The molecular weight excluding hydrogens is 267 g/mol. The number of nitrogen functional groups attached to an aromatic ring is 2. The maximum atomic E-state index is 13.0. The van der Waals surface area contributed by atoms with Crippen LogP contribution in [-0.2, 0) is 6.42 Å². The first kappa shape index (κ1) is 13.2. The van der Waals surface area contributed by atoms with E-state index in [1.165, 1.54) is 12.1 Å². The lowest BCUT2D eigenvalue weighted by Gasteiger charge is -2.12. The Bertz CT molecular complexity index is 749. The average molecular weight is 282 g/mol. The van der Waals surface area contributed by atoms with Crippen LogP contribution in [0.4, 0.5) is 16.0 Å². The first-order valence-corrected chi connectivity index (χ1v) is 6.56. The quantitative estimate of drug-likeness (QED) is 0.776. The fourth-order valence-corrected chi connectivity index (χ4v) is 2.24. The molecule has 0 aliphatic rings. The number of rotatable bonds is 3. The van der Waals surface area contributed by atoms with E-state index in [0.29, 0.717) is 18.1 Å². The fraction of sp³-hybridized carbons (Fsp3) is 0.0625. The Morgan fingerprint density at radius 1 is 1.00 bits per heavy atom. The van der Waals surface area contributed by atoms with Gasteiger partial charge in [0.1, 0.15) is 17.5 Å². The standard InChI is InChI=1S/C16H15FN4/c17-13-5-3-11(4-6-13)9-12-10-14(16(19)20-15(12)18)21-7-1-2-8-21/h1-8,10H,9H2,(H4,18,19,20). The van der Waals surface area contributed by atoms with E-state index in [-0.39, 0.29) is 5.82 Å². The molecule has 0 bridgehead atoms. The number of halogens is 1. The molecule has 4 nitrogen and oxygen atoms in total. The van der Waals surface area contributed by atoms with Crippen LogP contribution in [-0.4, -0.2) is 9.55 Å². The van der Waals surface area contributed by atoms with Crippen LogP contribution < -0.4 is 11.5 Å². The summed E-state index contributed by atoms with van der Waals surface area (Å²) in [6.07, 6.45) is 4.37. The molecule has 5 heteroatoms. The molecule has 2 aromatic heterocycles. The van der Waals surface area contributed by atoms with Crippen LogP contribution >= 0.6 is 0 Å². The molecule has 3 rings (SSSR count). The molecule has 0 unspecified atom stereocenters. The van der Waals surface area contributed by atoms with Gasteiger partial charge in [0, 0.05) is 24.4 Å². The van der Waals surface area contributed by atoms with E-state index in [0.717, 1.165) is 16.8 Å². The van der Waals surface area contributed by atoms with Crippen molar-refractivity contribution in [1.29, 1.82) is 0 Å². The topological polar surface area (TPSA) is 69.9 Å². The van der Waals surface area contributed by atoms with Gasteiger partial charge in [0.2, 0.25) is 0 Å². The minimum Gasteiger partial charge on any atom is -0.383 e. The first-order chi connectivity index (χ1) is 10.1. The van der Waals surface area contributed by atoms with Crippen LogP contribution in [0.15, 0.2) is 54.9 Å². The summed E-state index contributed by atoms with van der Waals surface area (Å²) in [4.78, 5) is 4.20. The Labute approximate surface area is 121 Å². The molecule has 0 aliphatic carbocycles. The van der Waals surface area contributed by atoms with Gasteiger partial charge in [-0.3, -0.25) is 0 Å². The molecule has 21 heavy (non-hydrogen) atoms. The van der Waals surface area contributed by atoms with Gasteiger partial charge in [0.15, 0.2) is 0 Å². The van der Waals surface area contributed by atoms with Gasteiger partial charge in [0.25, 0.3) is 0 Å². The Morgan fingerprint density at radius 3 is 2.33 bits per heavy atom. The van der Waals surface area contributed by atoms with E-state index in [4.69, 9.17) is 11.5 Å². The van der Waals surface area contributed by atoms with E-state index in [2.05, 4.69) is 4.98 Å². The number of nitrogens with two attached hydrogens (primary N) is 2. The SMILES string of the molecule is Nc1nc(N)c(-n2cccc2)cc1Cc1ccc(F)cc1. The number of benzene rings is 1. The number of nitrogens with zero attached hydrogens (tertiary/aromatic N) is 2. The normalized spacial score (nSPS) is 10.7. The highest BCUT2D eigenvalue weighted by molar-refractivity contribution is 5.60. The largest absolute Gasteiger partial charge is 0.383 e. The molecule has 0 saturated carbocycles.